The number of hydrogen-bond acceptors (Lipinski definition) is 5. The smallest absolute Gasteiger partial charge is 0.252 e. The fraction of sp³-hybridized carbons (Fsp3) is 0.167. The van der Waals surface area contributed by atoms with Crippen LogP contribution in [0.2, 0.25) is 0 Å². The molecule has 5 rings (SSSR count). The van der Waals surface area contributed by atoms with Gasteiger partial charge >= 0.3 is 0 Å². The summed E-state index contributed by atoms with van der Waals surface area (Å²) in [5, 5.41) is 6.99. The summed E-state index contributed by atoms with van der Waals surface area (Å²) in [6.07, 6.45) is 0. The number of nitrogens with zero attached hydrogens (tertiary/aromatic N) is 4. The summed E-state index contributed by atoms with van der Waals surface area (Å²) in [4.78, 5) is 21.7. The van der Waals surface area contributed by atoms with Crippen LogP contribution in [-0.2, 0) is 4.79 Å². The molecule has 1 N–H and O–H groups in total. The fourth-order valence-electron chi connectivity index (χ4n) is 3.93. The number of aromatic nitrogens is 4. The topological polar surface area (TPSA) is 72.7 Å². The van der Waals surface area contributed by atoms with Crippen molar-refractivity contribution in [2.45, 2.75) is 19.1 Å². The number of halogens is 2. The van der Waals surface area contributed by atoms with E-state index in [4.69, 9.17) is 5.10 Å². The van der Waals surface area contributed by atoms with E-state index in [9.17, 15) is 13.6 Å². The molecule has 0 bridgehead atoms. The van der Waals surface area contributed by atoms with Gasteiger partial charge in [0.05, 0.1) is 16.7 Å². The lowest BCUT2D eigenvalue weighted by Crippen LogP contribution is -2.17. The van der Waals surface area contributed by atoms with E-state index in [2.05, 4.69) is 15.3 Å². The molecule has 1 amide bonds. The van der Waals surface area contributed by atoms with E-state index < -0.39 is 16.9 Å². The van der Waals surface area contributed by atoms with Crippen LogP contribution in [0.25, 0.3) is 17.2 Å². The van der Waals surface area contributed by atoms with Gasteiger partial charge in [-0.2, -0.15) is 9.78 Å². The maximum atomic E-state index is 14.9. The number of thioether (sulfide) groups is 1. The molecule has 3 heterocycles. The number of hydrogen-bond donors (Lipinski definition) is 1. The third-order valence-electron chi connectivity index (χ3n) is 5.29. The van der Waals surface area contributed by atoms with Crippen LogP contribution < -0.4 is 5.32 Å². The molecule has 2 aromatic carbocycles. The second-order valence-electron chi connectivity index (χ2n) is 7.72. The van der Waals surface area contributed by atoms with E-state index in [-0.39, 0.29) is 23.2 Å². The van der Waals surface area contributed by atoms with Gasteiger partial charge in [0.2, 0.25) is 5.91 Å². The molecular formula is C24H19F2N5OS. The van der Waals surface area contributed by atoms with Crippen molar-refractivity contribution in [3.8, 4) is 17.2 Å². The van der Waals surface area contributed by atoms with Gasteiger partial charge in [0, 0.05) is 28.1 Å². The first kappa shape index (κ1) is 21.3. The second kappa shape index (κ2) is 8.40. The number of nitrogens with one attached hydrogen (secondary N) is 1. The van der Waals surface area contributed by atoms with Crippen molar-refractivity contribution in [2.75, 3.05) is 11.1 Å². The van der Waals surface area contributed by atoms with Gasteiger partial charge in [0.15, 0.2) is 11.6 Å². The number of rotatable bonds is 3. The van der Waals surface area contributed by atoms with Crippen LogP contribution in [0.1, 0.15) is 27.8 Å². The molecule has 0 aliphatic carbocycles. The number of carbonyl (C=O) groups is 1. The summed E-state index contributed by atoms with van der Waals surface area (Å²) in [5.41, 5.74) is 3.52. The highest BCUT2D eigenvalue weighted by atomic mass is 32.2. The average Bonchev–Trinajstić information content (AvgIpc) is 3.06. The first-order valence-corrected chi connectivity index (χ1v) is 11.3. The van der Waals surface area contributed by atoms with E-state index in [1.165, 1.54) is 28.6 Å². The Kier molecular flexibility index (Phi) is 5.41. The Morgan fingerprint density at radius 3 is 2.48 bits per heavy atom. The third kappa shape index (κ3) is 3.89. The van der Waals surface area contributed by atoms with Gasteiger partial charge in [0.25, 0.3) is 5.95 Å². The largest absolute Gasteiger partial charge is 0.309 e. The zero-order valence-electron chi connectivity index (χ0n) is 17.8. The summed E-state index contributed by atoms with van der Waals surface area (Å²) < 4.78 is 30.6. The predicted octanol–water partition coefficient (Wildman–Crippen LogP) is 5.00. The molecule has 2 aromatic heterocycles. The summed E-state index contributed by atoms with van der Waals surface area (Å²) in [7, 11) is 0. The molecule has 0 saturated heterocycles. The van der Waals surface area contributed by atoms with Crippen molar-refractivity contribution in [1.82, 2.24) is 19.7 Å². The van der Waals surface area contributed by atoms with Gasteiger partial charge < -0.3 is 5.32 Å². The molecule has 0 fully saturated rings. The monoisotopic (exact) mass is 463 g/mol. The number of carbonyl (C=O) groups excluding carboxylic acids is 1. The van der Waals surface area contributed by atoms with Gasteiger partial charge in [0.1, 0.15) is 5.82 Å². The molecule has 0 radical (unpaired) electrons. The van der Waals surface area contributed by atoms with Gasteiger partial charge in [-0.3, -0.25) is 4.79 Å². The predicted molar refractivity (Wildman–Crippen MR) is 123 cm³/mol. The SMILES string of the molecule is Cc1cc(C)nc(-n2nc(-c3ccccc3)c3c2NC(=O)CS[C@@H]3c2cccc(F)c2F)n1. The van der Waals surface area contributed by atoms with Crippen molar-refractivity contribution in [2.24, 2.45) is 0 Å². The zero-order valence-corrected chi connectivity index (χ0v) is 18.7. The first-order chi connectivity index (χ1) is 15.9. The lowest BCUT2D eigenvalue weighted by atomic mass is 9.99. The molecule has 6 nitrogen and oxygen atoms in total. The molecule has 0 spiro atoms. The summed E-state index contributed by atoms with van der Waals surface area (Å²) in [6, 6.07) is 15.3. The van der Waals surface area contributed by atoms with Crippen LogP contribution in [0, 0.1) is 25.5 Å². The minimum Gasteiger partial charge on any atom is -0.309 e. The Bertz CT molecular complexity index is 1350. The van der Waals surface area contributed by atoms with Gasteiger partial charge in [-0.25, -0.2) is 18.7 Å². The zero-order chi connectivity index (χ0) is 23.1. The first-order valence-electron chi connectivity index (χ1n) is 10.3. The van der Waals surface area contributed by atoms with E-state index in [0.29, 0.717) is 17.1 Å². The lowest BCUT2D eigenvalue weighted by Gasteiger charge is -2.17. The van der Waals surface area contributed by atoms with Crippen LogP contribution >= 0.6 is 11.8 Å². The van der Waals surface area contributed by atoms with E-state index in [1.54, 1.807) is 0 Å². The van der Waals surface area contributed by atoms with E-state index in [0.717, 1.165) is 23.0 Å². The van der Waals surface area contributed by atoms with Crippen molar-refractivity contribution in [3.63, 3.8) is 0 Å². The van der Waals surface area contributed by atoms with Crippen LogP contribution in [0.4, 0.5) is 14.6 Å². The number of amides is 1. The van der Waals surface area contributed by atoms with Crippen LogP contribution in [0.3, 0.4) is 0 Å². The molecule has 1 atom stereocenters. The highest BCUT2D eigenvalue weighted by Gasteiger charge is 2.34. The molecule has 0 saturated carbocycles. The Balaban J connectivity index is 1.83. The molecule has 0 unspecified atom stereocenters. The number of benzene rings is 2. The van der Waals surface area contributed by atoms with Gasteiger partial charge in [-0.05, 0) is 26.0 Å². The molecule has 4 aromatic rings. The molecule has 9 heteroatoms. The van der Waals surface area contributed by atoms with Crippen molar-refractivity contribution in [1.29, 1.82) is 0 Å². The van der Waals surface area contributed by atoms with Crippen molar-refractivity contribution >= 4 is 23.5 Å². The summed E-state index contributed by atoms with van der Waals surface area (Å²) >= 11 is 1.22. The molecule has 1 aliphatic rings. The molecular weight excluding hydrogens is 444 g/mol. The Morgan fingerprint density at radius 2 is 1.76 bits per heavy atom. The van der Waals surface area contributed by atoms with Crippen molar-refractivity contribution in [3.05, 3.63) is 88.7 Å². The lowest BCUT2D eigenvalue weighted by molar-refractivity contribution is -0.113. The number of fused-ring (bicyclic) bond motifs is 1. The highest BCUT2D eigenvalue weighted by molar-refractivity contribution is 8.00. The van der Waals surface area contributed by atoms with Crippen molar-refractivity contribution < 1.29 is 13.6 Å². The van der Waals surface area contributed by atoms with Crippen LogP contribution in [0.5, 0.6) is 0 Å². The minimum absolute atomic E-state index is 0.0667. The average molecular weight is 464 g/mol. The Labute approximate surface area is 193 Å². The summed E-state index contributed by atoms with van der Waals surface area (Å²) in [6.45, 7) is 3.69. The normalized spacial score (nSPS) is 15.6. The van der Waals surface area contributed by atoms with Crippen LogP contribution in [0.15, 0.2) is 54.6 Å². The Hall–Kier alpha value is -3.59. The van der Waals surface area contributed by atoms with E-state index >= 15 is 0 Å². The quantitative estimate of drug-likeness (QED) is 0.463. The van der Waals surface area contributed by atoms with E-state index in [1.807, 2.05) is 50.2 Å². The molecule has 33 heavy (non-hydrogen) atoms. The van der Waals surface area contributed by atoms with Gasteiger partial charge in [-0.15, -0.1) is 11.8 Å². The van der Waals surface area contributed by atoms with Gasteiger partial charge in [-0.1, -0.05) is 42.5 Å². The maximum Gasteiger partial charge on any atom is 0.252 e. The third-order valence-corrected chi connectivity index (χ3v) is 6.55. The Morgan fingerprint density at radius 1 is 1.03 bits per heavy atom. The molecule has 1 aliphatic heterocycles. The standard InChI is InChI=1S/C24H19F2N5OS/c1-13-11-14(2)28-24(27-13)31-23-19(21(30-31)15-7-4-3-5-8-15)22(33-12-18(32)29-23)16-9-6-10-17(25)20(16)26/h3-11,22H,12H2,1-2H3,(H,29,32)/t22-/m1/s1. The van der Waals surface area contributed by atoms with Crippen LogP contribution in [-0.4, -0.2) is 31.4 Å². The number of aryl methyl sites for hydroxylation is 2. The second-order valence-corrected chi connectivity index (χ2v) is 8.82. The fourth-order valence-corrected chi connectivity index (χ4v) is 5.08. The summed E-state index contributed by atoms with van der Waals surface area (Å²) in [5.74, 6) is -1.45. The highest BCUT2D eigenvalue weighted by Crippen LogP contribution is 2.47. The minimum atomic E-state index is -0.940. The number of anilines is 1. The molecule has 166 valence electrons. The maximum absolute atomic E-state index is 14.9.